The highest BCUT2D eigenvalue weighted by Gasteiger charge is 2.46. The zero-order chi connectivity index (χ0) is 17.5. The number of carbonyl (C=O) groups is 2. The number of aryl methyl sites for hydroxylation is 2. The van der Waals surface area contributed by atoms with Crippen LogP contribution < -0.4 is 5.32 Å². The number of piperidine rings is 1. The van der Waals surface area contributed by atoms with Gasteiger partial charge in [-0.25, -0.2) is 0 Å². The van der Waals surface area contributed by atoms with E-state index in [-0.39, 0.29) is 11.8 Å². The van der Waals surface area contributed by atoms with Crippen LogP contribution in [0.5, 0.6) is 0 Å². The molecule has 0 aliphatic carbocycles. The lowest BCUT2D eigenvalue weighted by molar-refractivity contribution is -0.125. The molecule has 0 radical (unpaired) electrons. The topological polar surface area (TPSA) is 79.6 Å². The Balaban J connectivity index is 1.69. The van der Waals surface area contributed by atoms with Gasteiger partial charge in [0.25, 0.3) is 11.8 Å². The molecule has 1 spiro atoms. The van der Waals surface area contributed by atoms with Crippen LogP contribution in [0.15, 0.2) is 11.1 Å². The first-order valence-electron chi connectivity index (χ1n) is 8.51. The lowest BCUT2D eigenvalue weighted by Gasteiger charge is -2.35. The average Bonchev–Trinajstić information content (AvgIpc) is 2.98. The second kappa shape index (κ2) is 6.03. The van der Waals surface area contributed by atoms with Crippen LogP contribution in [0.2, 0.25) is 0 Å². The molecule has 7 heteroatoms. The SMILES string of the molecule is Cc1cc(C(=O)N2CCC3(CC2)N=C(CC(C)C)NC3=O)n(C)n1. The normalized spacial score (nSPS) is 19.8. The summed E-state index contributed by atoms with van der Waals surface area (Å²) >= 11 is 0. The van der Waals surface area contributed by atoms with Crippen LogP contribution >= 0.6 is 0 Å². The van der Waals surface area contributed by atoms with Gasteiger partial charge in [0.15, 0.2) is 0 Å². The number of likely N-dealkylation sites (tertiary alicyclic amines) is 1. The molecule has 0 atom stereocenters. The number of hydrogen-bond acceptors (Lipinski definition) is 4. The van der Waals surface area contributed by atoms with Gasteiger partial charge in [-0.2, -0.15) is 5.10 Å². The standard InChI is InChI=1S/C17H25N5O2/c1-11(2)9-14-18-16(24)17(19-14)5-7-22(8-6-17)15(23)13-10-12(3)20-21(13)4/h10-11H,5-9H2,1-4H3,(H,18,19,24). The van der Waals surface area contributed by atoms with Crippen molar-refractivity contribution in [2.45, 2.75) is 45.6 Å². The molecule has 2 amide bonds. The van der Waals surface area contributed by atoms with Crippen molar-refractivity contribution in [2.24, 2.45) is 18.0 Å². The van der Waals surface area contributed by atoms with E-state index in [1.165, 1.54) is 0 Å². The first kappa shape index (κ1) is 16.7. The molecule has 1 aromatic rings. The van der Waals surface area contributed by atoms with Gasteiger partial charge in [-0.1, -0.05) is 13.8 Å². The van der Waals surface area contributed by atoms with Crippen LogP contribution in [-0.4, -0.2) is 51.0 Å². The van der Waals surface area contributed by atoms with Gasteiger partial charge in [-0.05, 0) is 31.7 Å². The molecule has 1 aromatic heterocycles. The van der Waals surface area contributed by atoms with Crippen LogP contribution in [-0.2, 0) is 11.8 Å². The summed E-state index contributed by atoms with van der Waals surface area (Å²) in [6, 6.07) is 1.80. The van der Waals surface area contributed by atoms with E-state index in [0.29, 0.717) is 37.5 Å². The van der Waals surface area contributed by atoms with Gasteiger partial charge in [0.1, 0.15) is 17.1 Å². The Labute approximate surface area is 142 Å². The zero-order valence-corrected chi connectivity index (χ0v) is 14.8. The quantitative estimate of drug-likeness (QED) is 0.906. The molecule has 130 valence electrons. The van der Waals surface area contributed by atoms with Crippen LogP contribution in [0.3, 0.4) is 0 Å². The summed E-state index contributed by atoms with van der Waals surface area (Å²) in [7, 11) is 1.78. The minimum Gasteiger partial charge on any atom is -0.337 e. The van der Waals surface area contributed by atoms with Crippen molar-refractivity contribution >= 4 is 17.6 Å². The second-order valence-corrected chi connectivity index (χ2v) is 7.23. The van der Waals surface area contributed by atoms with Gasteiger partial charge < -0.3 is 10.2 Å². The van der Waals surface area contributed by atoms with Crippen molar-refractivity contribution in [3.05, 3.63) is 17.5 Å². The van der Waals surface area contributed by atoms with E-state index in [2.05, 4.69) is 29.3 Å². The third-order valence-corrected chi connectivity index (χ3v) is 4.73. The number of aliphatic imine (C=N–C) groups is 1. The fourth-order valence-electron chi connectivity index (χ4n) is 3.46. The lowest BCUT2D eigenvalue weighted by Crippen LogP contribution is -2.50. The van der Waals surface area contributed by atoms with Gasteiger partial charge >= 0.3 is 0 Å². The van der Waals surface area contributed by atoms with Crippen LogP contribution in [0.1, 0.15) is 49.3 Å². The first-order valence-corrected chi connectivity index (χ1v) is 8.51. The molecule has 1 N–H and O–H groups in total. The van der Waals surface area contributed by atoms with E-state index in [1.807, 2.05) is 6.92 Å². The summed E-state index contributed by atoms with van der Waals surface area (Å²) in [5.41, 5.74) is 0.736. The van der Waals surface area contributed by atoms with Gasteiger partial charge in [-0.3, -0.25) is 19.3 Å². The molecular weight excluding hydrogens is 306 g/mol. The maximum atomic E-state index is 12.7. The Morgan fingerprint density at radius 3 is 2.58 bits per heavy atom. The van der Waals surface area contributed by atoms with Crippen molar-refractivity contribution in [1.82, 2.24) is 20.0 Å². The predicted octanol–water partition coefficient (Wildman–Crippen LogP) is 1.28. The third-order valence-electron chi connectivity index (χ3n) is 4.73. The van der Waals surface area contributed by atoms with E-state index in [9.17, 15) is 9.59 Å². The molecule has 24 heavy (non-hydrogen) atoms. The Morgan fingerprint density at radius 2 is 2.04 bits per heavy atom. The molecular formula is C17H25N5O2. The second-order valence-electron chi connectivity index (χ2n) is 7.23. The molecule has 3 heterocycles. The number of carbonyl (C=O) groups excluding carboxylic acids is 2. The average molecular weight is 331 g/mol. The highest BCUT2D eigenvalue weighted by Crippen LogP contribution is 2.31. The molecule has 0 unspecified atom stereocenters. The zero-order valence-electron chi connectivity index (χ0n) is 14.8. The predicted molar refractivity (Wildman–Crippen MR) is 90.8 cm³/mol. The summed E-state index contributed by atoms with van der Waals surface area (Å²) < 4.78 is 1.61. The summed E-state index contributed by atoms with van der Waals surface area (Å²) in [6.07, 6.45) is 1.93. The molecule has 2 aliphatic heterocycles. The minimum absolute atomic E-state index is 0.0124. The van der Waals surface area contributed by atoms with Crippen LogP contribution in [0.25, 0.3) is 0 Å². The maximum absolute atomic E-state index is 12.7. The first-order chi connectivity index (χ1) is 11.3. The summed E-state index contributed by atoms with van der Waals surface area (Å²) in [4.78, 5) is 31.5. The molecule has 7 nitrogen and oxygen atoms in total. The van der Waals surface area contributed by atoms with Crippen molar-refractivity contribution in [3.8, 4) is 0 Å². The number of amides is 2. The van der Waals surface area contributed by atoms with Crippen molar-refractivity contribution in [1.29, 1.82) is 0 Å². The Kier molecular flexibility index (Phi) is 4.19. The van der Waals surface area contributed by atoms with E-state index in [4.69, 9.17) is 0 Å². The molecule has 0 saturated carbocycles. The van der Waals surface area contributed by atoms with E-state index < -0.39 is 5.54 Å². The van der Waals surface area contributed by atoms with E-state index in [0.717, 1.165) is 18.0 Å². The van der Waals surface area contributed by atoms with Crippen LogP contribution in [0, 0.1) is 12.8 Å². The maximum Gasteiger partial charge on any atom is 0.272 e. The molecule has 1 saturated heterocycles. The summed E-state index contributed by atoms with van der Waals surface area (Å²) in [5.74, 6) is 1.20. The van der Waals surface area contributed by atoms with E-state index >= 15 is 0 Å². The molecule has 3 rings (SSSR count). The lowest BCUT2D eigenvalue weighted by atomic mass is 9.88. The number of hydrogen-bond donors (Lipinski definition) is 1. The molecule has 0 aromatic carbocycles. The number of aromatic nitrogens is 2. The van der Waals surface area contributed by atoms with Gasteiger partial charge in [-0.15, -0.1) is 0 Å². The highest BCUT2D eigenvalue weighted by atomic mass is 16.2. The van der Waals surface area contributed by atoms with Crippen LogP contribution in [0.4, 0.5) is 0 Å². The fourth-order valence-corrected chi connectivity index (χ4v) is 3.46. The molecule has 2 aliphatic rings. The summed E-state index contributed by atoms with van der Waals surface area (Å²) in [6.45, 7) is 7.16. The van der Waals surface area contributed by atoms with Crippen molar-refractivity contribution in [3.63, 3.8) is 0 Å². The van der Waals surface area contributed by atoms with Gasteiger partial charge in [0, 0.05) is 26.6 Å². The highest BCUT2D eigenvalue weighted by molar-refractivity contribution is 6.08. The van der Waals surface area contributed by atoms with Gasteiger partial charge in [0.05, 0.1) is 5.69 Å². The minimum atomic E-state index is -0.677. The fraction of sp³-hybridized carbons (Fsp3) is 0.647. The Morgan fingerprint density at radius 1 is 1.38 bits per heavy atom. The third kappa shape index (κ3) is 2.95. The van der Waals surface area contributed by atoms with Crippen molar-refractivity contribution in [2.75, 3.05) is 13.1 Å². The smallest absolute Gasteiger partial charge is 0.272 e. The summed E-state index contributed by atoms with van der Waals surface area (Å²) in [5, 5.41) is 7.16. The Bertz CT molecular complexity index is 696. The number of nitrogens with zero attached hydrogens (tertiary/aromatic N) is 4. The van der Waals surface area contributed by atoms with Gasteiger partial charge in [0.2, 0.25) is 0 Å². The molecule has 0 bridgehead atoms. The largest absolute Gasteiger partial charge is 0.337 e. The monoisotopic (exact) mass is 331 g/mol. The Hall–Kier alpha value is -2.18. The van der Waals surface area contributed by atoms with E-state index in [1.54, 1.807) is 22.7 Å². The number of amidine groups is 1. The van der Waals surface area contributed by atoms with Crippen molar-refractivity contribution < 1.29 is 9.59 Å². The molecule has 1 fully saturated rings. The number of rotatable bonds is 3. The number of nitrogens with one attached hydrogen (secondary N) is 1.